The maximum atomic E-state index is 2.45. The highest BCUT2D eigenvalue weighted by molar-refractivity contribution is 6.22. The molecular weight excluding hydrogens is 711 g/mol. The molecule has 1 unspecified atom stereocenters. The monoisotopic (exact) mass is 751 g/mol. The molecule has 1 aliphatic carbocycles. The molecule has 0 fully saturated rings. The van der Waals surface area contributed by atoms with Crippen LogP contribution in [0.3, 0.4) is 0 Å². The van der Waals surface area contributed by atoms with Gasteiger partial charge in [0.1, 0.15) is 0 Å². The number of fused-ring (bicyclic) bond motifs is 6. The fourth-order valence-corrected chi connectivity index (χ4v) is 9.71. The summed E-state index contributed by atoms with van der Waals surface area (Å²) in [6, 6.07) is 84.6. The van der Waals surface area contributed by atoms with E-state index in [1.807, 2.05) is 0 Å². The van der Waals surface area contributed by atoms with Gasteiger partial charge in [0.2, 0.25) is 0 Å². The summed E-state index contributed by atoms with van der Waals surface area (Å²) in [5, 5.41) is 4.97. The minimum Gasteiger partial charge on any atom is -0.310 e. The number of anilines is 3. The number of hydrogen-bond acceptors (Lipinski definition) is 1. The van der Waals surface area contributed by atoms with Gasteiger partial charge >= 0.3 is 0 Å². The summed E-state index contributed by atoms with van der Waals surface area (Å²) >= 11 is 0. The summed E-state index contributed by atoms with van der Waals surface area (Å²) in [6.07, 6.45) is 0. The molecular formula is C58H41N. The second-order valence-electron chi connectivity index (χ2n) is 15.8. The predicted molar refractivity (Wildman–Crippen MR) is 250 cm³/mol. The van der Waals surface area contributed by atoms with Crippen LogP contribution in [-0.4, -0.2) is 0 Å². The van der Waals surface area contributed by atoms with Gasteiger partial charge in [-0.25, -0.2) is 0 Å². The molecule has 1 nitrogen and oxygen atoms in total. The van der Waals surface area contributed by atoms with Crippen LogP contribution in [0.5, 0.6) is 0 Å². The Kier molecular flexibility index (Phi) is 8.34. The van der Waals surface area contributed by atoms with Gasteiger partial charge in [0.05, 0.1) is 0 Å². The van der Waals surface area contributed by atoms with Crippen molar-refractivity contribution in [2.45, 2.75) is 12.3 Å². The normalized spacial score (nSPS) is 14.3. The highest BCUT2D eigenvalue weighted by Gasteiger charge is 2.41. The molecule has 0 aromatic heterocycles. The van der Waals surface area contributed by atoms with Gasteiger partial charge in [-0.1, -0.05) is 194 Å². The number of benzene rings is 10. The van der Waals surface area contributed by atoms with Crippen molar-refractivity contribution in [3.63, 3.8) is 0 Å². The van der Waals surface area contributed by atoms with Crippen molar-refractivity contribution < 1.29 is 0 Å². The first-order valence-electron chi connectivity index (χ1n) is 20.5. The van der Waals surface area contributed by atoms with E-state index in [2.05, 4.69) is 242 Å². The summed E-state index contributed by atoms with van der Waals surface area (Å²) in [5.41, 5.74) is 16.9. The molecule has 1 atom stereocenters. The van der Waals surface area contributed by atoms with Crippen LogP contribution in [0.25, 0.3) is 66.1 Å². The van der Waals surface area contributed by atoms with Crippen molar-refractivity contribution in [2.24, 2.45) is 0 Å². The molecule has 0 aliphatic heterocycles. The second-order valence-corrected chi connectivity index (χ2v) is 15.8. The molecule has 278 valence electrons. The van der Waals surface area contributed by atoms with Crippen LogP contribution >= 0.6 is 0 Å². The minimum absolute atomic E-state index is 0.320. The van der Waals surface area contributed by atoms with E-state index in [0.717, 1.165) is 17.1 Å². The Balaban J connectivity index is 1.18. The van der Waals surface area contributed by atoms with Gasteiger partial charge in [0, 0.05) is 22.5 Å². The average Bonchev–Trinajstić information content (AvgIpc) is 3.57. The molecule has 0 saturated heterocycles. The highest BCUT2D eigenvalue weighted by atomic mass is 15.1. The highest BCUT2D eigenvalue weighted by Crippen LogP contribution is 2.54. The molecule has 0 amide bonds. The Labute approximate surface area is 346 Å². The number of nitrogens with zero attached hydrogens (tertiary/aromatic N) is 1. The molecule has 10 aromatic rings. The van der Waals surface area contributed by atoms with Crippen molar-refractivity contribution in [3.05, 3.63) is 247 Å². The lowest BCUT2D eigenvalue weighted by Gasteiger charge is -2.31. The second kappa shape index (κ2) is 14.2. The lowest BCUT2D eigenvalue weighted by Crippen LogP contribution is -2.22. The minimum atomic E-state index is -0.320. The molecule has 11 rings (SSSR count). The smallest absolute Gasteiger partial charge is 0.0468 e. The first-order chi connectivity index (χ1) is 29.2. The third kappa shape index (κ3) is 5.69. The Morgan fingerprint density at radius 3 is 1.44 bits per heavy atom. The van der Waals surface area contributed by atoms with Crippen LogP contribution < -0.4 is 4.90 Å². The topological polar surface area (TPSA) is 3.24 Å². The third-order valence-corrected chi connectivity index (χ3v) is 12.5. The average molecular weight is 752 g/mol. The summed E-state index contributed by atoms with van der Waals surface area (Å²) in [7, 11) is 0. The predicted octanol–water partition coefficient (Wildman–Crippen LogP) is 15.8. The molecule has 59 heavy (non-hydrogen) atoms. The number of hydrogen-bond donors (Lipinski definition) is 0. The summed E-state index contributed by atoms with van der Waals surface area (Å²) < 4.78 is 0. The zero-order chi connectivity index (χ0) is 39.3. The van der Waals surface area contributed by atoms with E-state index in [4.69, 9.17) is 0 Å². The molecule has 0 N–H and O–H groups in total. The molecule has 10 aromatic carbocycles. The summed E-state index contributed by atoms with van der Waals surface area (Å²) in [6.45, 7) is 2.40. The van der Waals surface area contributed by atoms with Crippen molar-refractivity contribution in [1.82, 2.24) is 0 Å². The first kappa shape index (κ1) is 34.7. The largest absolute Gasteiger partial charge is 0.310 e. The van der Waals surface area contributed by atoms with E-state index in [-0.39, 0.29) is 5.41 Å². The molecule has 0 heterocycles. The standard InChI is InChI=1S/C58H41N/c1-58(44-24-12-5-13-25-44)54-29-17-16-27-50(54)51-37-35-47(39-55(51)58)59(45-32-30-41(31-33-45)40-18-6-2-7-19-40)46-34-36-49-48-26-14-15-28-52(48)56(42-20-8-3-9-21-42)57(53(49)38-46)43-22-10-4-11-23-43/h2-39H,1H3. The van der Waals surface area contributed by atoms with Gasteiger partial charge in [-0.3, -0.25) is 0 Å². The van der Waals surface area contributed by atoms with Gasteiger partial charge in [-0.05, 0) is 126 Å². The fraction of sp³-hybridized carbons (Fsp3) is 0.0345. The maximum Gasteiger partial charge on any atom is 0.0468 e. The lowest BCUT2D eigenvalue weighted by atomic mass is 9.74. The Bertz CT molecular complexity index is 3130. The Hall–Kier alpha value is -7.48. The SMILES string of the molecule is CC1(c2ccccc2)c2ccccc2-c2ccc(N(c3ccc(-c4ccccc4)cc3)c3ccc4c(c3)c(-c3ccccc3)c(-c3ccccc3)c3ccccc34)cc21. The first-order valence-corrected chi connectivity index (χ1v) is 20.5. The van der Waals surface area contributed by atoms with Crippen LogP contribution in [0.4, 0.5) is 17.1 Å². The zero-order valence-corrected chi connectivity index (χ0v) is 32.9. The van der Waals surface area contributed by atoms with E-state index in [0.29, 0.717) is 0 Å². The maximum absolute atomic E-state index is 2.45. The molecule has 0 spiro atoms. The summed E-state index contributed by atoms with van der Waals surface area (Å²) in [4.78, 5) is 2.45. The van der Waals surface area contributed by atoms with Crippen LogP contribution in [0, 0.1) is 0 Å². The van der Waals surface area contributed by atoms with Gasteiger partial charge < -0.3 is 4.90 Å². The Morgan fingerprint density at radius 1 is 0.305 bits per heavy atom. The van der Waals surface area contributed by atoms with Crippen molar-refractivity contribution in [2.75, 3.05) is 4.90 Å². The molecule has 0 bridgehead atoms. The van der Waals surface area contributed by atoms with Gasteiger partial charge in [-0.2, -0.15) is 0 Å². The zero-order valence-electron chi connectivity index (χ0n) is 32.9. The number of rotatable bonds is 7. The van der Waals surface area contributed by atoms with Gasteiger partial charge in [0.15, 0.2) is 0 Å². The molecule has 0 saturated carbocycles. The van der Waals surface area contributed by atoms with Crippen molar-refractivity contribution >= 4 is 38.6 Å². The fourth-order valence-electron chi connectivity index (χ4n) is 9.71. The quantitative estimate of drug-likeness (QED) is 0.147. The summed E-state index contributed by atoms with van der Waals surface area (Å²) in [5.74, 6) is 0. The molecule has 1 aliphatic rings. The third-order valence-electron chi connectivity index (χ3n) is 12.5. The van der Waals surface area contributed by atoms with E-state index in [1.54, 1.807) is 0 Å². The van der Waals surface area contributed by atoms with E-state index in [9.17, 15) is 0 Å². The molecule has 1 heteroatoms. The van der Waals surface area contributed by atoms with Crippen LogP contribution in [0.2, 0.25) is 0 Å². The lowest BCUT2D eigenvalue weighted by molar-refractivity contribution is 0.714. The van der Waals surface area contributed by atoms with Crippen molar-refractivity contribution in [1.29, 1.82) is 0 Å². The van der Waals surface area contributed by atoms with E-state index in [1.165, 1.54) is 82.7 Å². The van der Waals surface area contributed by atoms with E-state index >= 15 is 0 Å². The molecule has 0 radical (unpaired) electrons. The van der Waals surface area contributed by atoms with Crippen LogP contribution in [0.15, 0.2) is 231 Å². The van der Waals surface area contributed by atoms with Crippen molar-refractivity contribution in [3.8, 4) is 44.5 Å². The van der Waals surface area contributed by atoms with Crippen LogP contribution in [0.1, 0.15) is 23.6 Å². The van der Waals surface area contributed by atoms with Crippen LogP contribution in [-0.2, 0) is 5.41 Å². The van der Waals surface area contributed by atoms with E-state index < -0.39 is 0 Å². The van der Waals surface area contributed by atoms with Gasteiger partial charge in [-0.15, -0.1) is 0 Å². The van der Waals surface area contributed by atoms with Gasteiger partial charge in [0.25, 0.3) is 0 Å². The Morgan fingerprint density at radius 2 is 0.763 bits per heavy atom.